The van der Waals surface area contributed by atoms with Gasteiger partial charge in [0.15, 0.2) is 0 Å². The van der Waals surface area contributed by atoms with Crippen LogP contribution in [0.4, 0.5) is 0 Å². The predicted molar refractivity (Wildman–Crippen MR) is 77.0 cm³/mol. The standard InChI is InChI=1S/C14H28O3.Na.H/c1-2-3-4-5-6-7-8-9-10-11-12-17-14(16)13-15;;/h15H,2-13H2,1H3;;. The number of hydrogen-bond acceptors (Lipinski definition) is 3. The van der Waals surface area contributed by atoms with Gasteiger partial charge in [-0.05, 0) is 6.42 Å². The van der Waals surface area contributed by atoms with E-state index in [0.29, 0.717) is 6.61 Å². The number of unbranched alkanes of at least 4 members (excludes halogenated alkanes) is 9. The summed E-state index contributed by atoms with van der Waals surface area (Å²) in [6.07, 6.45) is 12.7. The van der Waals surface area contributed by atoms with Crippen LogP contribution in [0, 0.1) is 0 Å². The number of esters is 1. The van der Waals surface area contributed by atoms with E-state index < -0.39 is 12.6 Å². The number of carbonyl (C=O) groups is 1. The molecule has 0 aliphatic heterocycles. The van der Waals surface area contributed by atoms with Gasteiger partial charge in [-0.15, -0.1) is 0 Å². The minimum atomic E-state index is -0.513. The molecule has 0 atom stereocenters. The van der Waals surface area contributed by atoms with Crippen LogP contribution in [0.15, 0.2) is 0 Å². The van der Waals surface area contributed by atoms with Gasteiger partial charge in [0.05, 0.1) is 6.61 Å². The molecule has 0 unspecified atom stereocenters. The van der Waals surface area contributed by atoms with Gasteiger partial charge < -0.3 is 9.84 Å². The topological polar surface area (TPSA) is 46.5 Å². The maximum absolute atomic E-state index is 10.6. The molecule has 0 saturated heterocycles. The molecule has 3 nitrogen and oxygen atoms in total. The van der Waals surface area contributed by atoms with Crippen LogP contribution in [-0.4, -0.2) is 53.8 Å². The summed E-state index contributed by atoms with van der Waals surface area (Å²) >= 11 is 0. The van der Waals surface area contributed by atoms with E-state index in [1.165, 1.54) is 51.4 Å². The van der Waals surface area contributed by atoms with Gasteiger partial charge >= 0.3 is 35.5 Å². The van der Waals surface area contributed by atoms with Gasteiger partial charge in [-0.3, -0.25) is 0 Å². The van der Waals surface area contributed by atoms with E-state index in [1.54, 1.807) is 0 Å². The Morgan fingerprint density at radius 1 is 0.889 bits per heavy atom. The number of carbonyl (C=O) groups excluding carboxylic acids is 1. The fourth-order valence-electron chi connectivity index (χ4n) is 1.82. The van der Waals surface area contributed by atoms with Gasteiger partial charge in [-0.2, -0.15) is 0 Å². The Morgan fingerprint density at radius 2 is 1.33 bits per heavy atom. The molecule has 0 aliphatic carbocycles. The maximum atomic E-state index is 10.6. The van der Waals surface area contributed by atoms with Gasteiger partial charge in [0.25, 0.3) is 0 Å². The van der Waals surface area contributed by atoms with Crippen molar-refractivity contribution in [2.24, 2.45) is 0 Å². The molecule has 0 saturated carbocycles. The number of aliphatic hydroxyl groups is 1. The van der Waals surface area contributed by atoms with Crippen molar-refractivity contribution in [2.75, 3.05) is 13.2 Å². The molecule has 4 heteroatoms. The molecule has 0 aromatic heterocycles. The molecular weight excluding hydrogens is 239 g/mol. The summed E-state index contributed by atoms with van der Waals surface area (Å²) in [5.41, 5.74) is 0. The molecule has 0 radical (unpaired) electrons. The Balaban J connectivity index is 0. The van der Waals surface area contributed by atoms with Crippen molar-refractivity contribution in [2.45, 2.75) is 71.1 Å². The number of rotatable bonds is 12. The summed E-state index contributed by atoms with van der Waals surface area (Å²) in [5.74, 6) is -0.513. The molecule has 0 amide bonds. The van der Waals surface area contributed by atoms with Crippen molar-refractivity contribution in [1.29, 1.82) is 0 Å². The average Bonchev–Trinajstić information content (AvgIpc) is 2.35. The molecule has 0 aliphatic rings. The van der Waals surface area contributed by atoms with Gasteiger partial charge in [-0.1, -0.05) is 64.7 Å². The van der Waals surface area contributed by atoms with Crippen LogP contribution in [0.25, 0.3) is 0 Å². The first-order valence-electron chi connectivity index (χ1n) is 7.07. The third kappa shape index (κ3) is 16.4. The second-order valence-electron chi connectivity index (χ2n) is 4.56. The molecule has 0 spiro atoms. The Kier molecular flexibility index (Phi) is 20.1. The SMILES string of the molecule is CCCCCCCCCCCCOC(=O)CO.[NaH]. The van der Waals surface area contributed by atoms with Crippen LogP contribution < -0.4 is 0 Å². The van der Waals surface area contributed by atoms with E-state index in [0.717, 1.165) is 12.8 Å². The molecule has 104 valence electrons. The second-order valence-corrected chi connectivity index (χ2v) is 4.56. The molecule has 0 rings (SSSR count). The predicted octanol–water partition coefficient (Wildman–Crippen LogP) is 2.79. The number of ether oxygens (including phenoxy) is 1. The van der Waals surface area contributed by atoms with E-state index >= 15 is 0 Å². The van der Waals surface area contributed by atoms with Crippen LogP contribution in [0.2, 0.25) is 0 Å². The molecule has 0 heterocycles. The van der Waals surface area contributed by atoms with Crippen molar-refractivity contribution in [1.82, 2.24) is 0 Å². The molecule has 0 aromatic carbocycles. The first-order valence-corrected chi connectivity index (χ1v) is 7.07. The molecule has 18 heavy (non-hydrogen) atoms. The van der Waals surface area contributed by atoms with E-state index in [-0.39, 0.29) is 29.6 Å². The van der Waals surface area contributed by atoms with Gasteiger partial charge in [0.1, 0.15) is 6.61 Å². The normalized spacial score (nSPS) is 9.89. The van der Waals surface area contributed by atoms with Crippen LogP contribution in [0.3, 0.4) is 0 Å². The third-order valence-corrected chi connectivity index (χ3v) is 2.89. The quantitative estimate of drug-likeness (QED) is 0.336. The van der Waals surface area contributed by atoms with Crippen molar-refractivity contribution in [3.63, 3.8) is 0 Å². The summed E-state index contributed by atoms with van der Waals surface area (Å²) in [6.45, 7) is 2.19. The van der Waals surface area contributed by atoms with Crippen LogP contribution in [0.5, 0.6) is 0 Å². The van der Waals surface area contributed by atoms with Gasteiger partial charge in [0.2, 0.25) is 0 Å². The number of hydrogen-bond donors (Lipinski definition) is 1. The Hall–Kier alpha value is 0.430. The molecular formula is C14H29NaO3. The van der Waals surface area contributed by atoms with Gasteiger partial charge in [-0.25, -0.2) is 4.79 Å². The molecule has 1 N–H and O–H groups in total. The summed E-state index contributed by atoms with van der Waals surface area (Å²) in [6, 6.07) is 0. The first kappa shape index (κ1) is 20.7. The van der Waals surface area contributed by atoms with Crippen molar-refractivity contribution in [3.05, 3.63) is 0 Å². The Labute approximate surface area is 134 Å². The zero-order chi connectivity index (χ0) is 12.8. The van der Waals surface area contributed by atoms with E-state index in [9.17, 15) is 4.79 Å². The van der Waals surface area contributed by atoms with Crippen molar-refractivity contribution >= 4 is 35.5 Å². The number of aliphatic hydroxyl groups excluding tert-OH is 1. The zero-order valence-corrected chi connectivity index (χ0v) is 11.2. The van der Waals surface area contributed by atoms with Crippen LogP contribution >= 0.6 is 0 Å². The summed E-state index contributed by atoms with van der Waals surface area (Å²) in [5, 5.41) is 8.42. The molecule has 0 aromatic rings. The van der Waals surface area contributed by atoms with E-state index in [2.05, 4.69) is 6.92 Å². The van der Waals surface area contributed by atoms with Crippen molar-refractivity contribution in [3.8, 4) is 0 Å². The molecule has 0 bridgehead atoms. The summed E-state index contributed by atoms with van der Waals surface area (Å²) in [7, 11) is 0. The second kappa shape index (κ2) is 17.4. The van der Waals surface area contributed by atoms with E-state index in [1.807, 2.05) is 0 Å². The third-order valence-electron chi connectivity index (χ3n) is 2.89. The fourth-order valence-corrected chi connectivity index (χ4v) is 1.82. The molecule has 0 fully saturated rings. The minimum absolute atomic E-state index is 0. The Bertz CT molecular complexity index is 174. The van der Waals surface area contributed by atoms with Crippen LogP contribution in [0.1, 0.15) is 71.1 Å². The summed E-state index contributed by atoms with van der Waals surface area (Å²) < 4.78 is 4.77. The first-order chi connectivity index (χ1) is 8.31. The zero-order valence-electron chi connectivity index (χ0n) is 11.2. The van der Waals surface area contributed by atoms with Gasteiger partial charge in [0, 0.05) is 0 Å². The monoisotopic (exact) mass is 268 g/mol. The van der Waals surface area contributed by atoms with Crippen LogP contribution in [-0.2, 0) is 9.53 Å². The fraction of sp³-hybridized carbons (Fsp3) is 0.929. The summed E-state index contributed by atoms with van der Waals surface area (Å²) in [4.78, 5) is 10.6. The van der Waals surface area contributed by atoms with Crippen molar-refractivity contribution < 1.29 is 14.6 Å². The van der Waals surface area contributed by atoms with E-state index in [4.69, 9.17) is 9.84 Å². The average molecular weight is 268 g/mol. The Morgan fingerprint density at radius 3 is 1.78 bits per heavy atom.